The largest absolute Gasteiger partial charge is 0.443 e. The third kappa shape index (κ3) is 6.73. The molecule has 0 spiro atoms. The zero-order valence-electron chi connectivity index (χ0n) is 25.3. The first-order valence-corrected chi connectivity index (χ1v) is 14.1. The predicted molar refractivity (Wildman–Crippen MR) is 161 cm³/mol. The van der Waals surface area contributed by atoms with Gasteiger partial charge in [-0.15, -0.1) is 10.2 Å². The third-order valence-corrected chi connectivity index (χ3v) is 6.74. The summed E-state index contributed by atoms with van der Waals surface area (Å²) in [4.78, 5) is 35.0. The number of hydrogen-bond donors (Lipinski definition) is 0. The second-order valence-electron chi connectivity index (χ2n) is 11.4. The highest BCUT2D eigenvalue weighted by atomic mass is 19.4. The summed E-state index contributed by atoms with van der Waals surface area (Å²) in [5, 5.41) is 17.3. The molecule has 0 fully saturated rings. The van der Waals surface area contributed by atoms with Crippen LogP contribution in [0.1, 0.15) is 49.5 Å². The van der Waals surface area contributed by atoms with Crippen LogP contribution in [0.4, 0.5) is 23.8 Å². The molecular weight excluding hydrogens is 603 g/mol. The van der Waals surface area contributed by atoms with E-state index in [4.69, 9.17) is 14.4 Å². The van der Waals surface area contributed by atoms with Crippen molar-refractivity contribution < 1.29 is 31.9 Å². The number of ether oxygens (including phenoxy) is 1. The first-order valence-electron chi connectivity index (χ1n) is 14.1. The third-order valence-electron chi connectivity index (χ3n) is 6.74. The molecule has 5 aromatic rings. The molecule has 0 aliphatic rings. The normalized spacial score (nSPS) is 11.8. The maximum absolute atomic E-state index is 14.0. The van der Waals surface area contributed by atoms with Gasteiger partial charge in [0.05, 0.1) is 6.07 Å². The number of nitrogens with zero attached hydrogens (tertiary/aromatic N) is 7. The number of halogens is 3. The summed E-state index contributed by atoms with van der Waals surface area (Å²) in [7, 11) is 1.78. The molecule has 0 aliphatic carbocycles. The first-order chi connectivity index (χ1) is 21.8. The van der Waals surface area contributed by atoms with Gasteiger partial charge < -0.3 is 13.7 Å². The van der Waals surface area contributed by atoms with E-state index in [2.05, 4.69) is 26.2 Å². The summed E-state index contributed by atoms with van der Waals surface area (Å²) < 4.78 is 55.0. The van der Waals surface area contributed by atoms with E-state index < -0.39 is 29.0 Å². The lowest BCUT2D eigenvalue weighted by Gasteiger charge is -2.27. The van der Waals surface area contributed by atoms with Crippen LogP contribution in [0.15, 0.2) is 59.3 Å². The molecular formula is C32H28F3N7O4. The number of amides is 1. The molecule has 0 saturated heterocycles. The Morgan fingerprint density at radius 1 is 1.11 bits per heavy atom. The van der Waals surface area contributed by atoms with Gasteiger partial charge in [-0.2, -0.15) is 18.4 Å². The van der Waals surface area contributed by atoms with Crippen LogP contribution in [0.2, 0.25) is 0 Å². The van der Waals surface area contributed by atoms with Crippen molar-refractivity contribution in [2.45, 2.75) is 45.4 Å². The van der Waals surface area contributed by atoms with Gasteiger partial charge >= 0.3 is 12.3 Å². The fraction of sp³-hybridized carbons (Fsp3) is 0.281. The average Bonchev–Trinajstić information content (AvgIpc) is 3.63. The highest BCUT2D eigenvalue weighted by Gasteiger charge is 2.36. The van der Waals surface area contributed by atoms with Gasteiger partial charge in [-0.05, 0) is 62.6 Å². The molecule has 0 unspecified atom stereocenters. The standard InChI is InChI=1S/C32H28F3N7O4/c1-31(2,3)46-30(44)42(12-8-7-11-36)26-16-20(21-9-5-6-10-22(21)28-40-37-18-41(28)4)15-25(38-26)29-39-24-14-19(17-43)13-23(27(24)45-29)32(33,34)35/h5-6,9-10,13-18H,7-8,12H2,1-4H3. The van der Waals surface area contributed by atoms with Crippen molar-refractivity contribution in [2.75, 3.05) is 11.4 Å². The van der Waals surface area contributed by atoms with E-state index in [-0.39, 0.29) is 41.4 Å². The van der Waals surface area contributed by atoms with Crippen LogP contribution in [0, 0.1) is 11.3 Å². The Morgan fingerprint density at radius 2 is 1.85 bits per heavy atom. The average molecular weight is 632 g/mol. The number of nitriles is 1. The van der Waals surface area contributed by atoms with Crippen LogP contribution in [-0.4, -0.2) is 49.3 Å². The Balaban J connectivity index is 1.76. The summed E-state index contributed by atoms with van der Waals surface area (Å²) in [5.41, 5.74) is -1.21. The Morgan fingerprint density at radius 3 is 2.48 bits per heavy atom. The van der Waals surface area contributed by atoms with Crippen LogP contribution in [-0.2, 0) is 18.0 Å². The van der Waals surface area contributed by atoms with E-state index in [1.807, 2.05) is 18.2 Å². The maximum atomic E-state index is 14.0. The molecule has 0 radical (unpaired) electrons. The molecule has 236 valence electrons. The number of alkyl halides is 3. The molecule has 3 heterocycles. The minimum absolute atomic E-state index is 0.00564. The Kier molecular flexibility index (Phi) is 8.60. The van der Waals surface area contributed by atoms with Gasteiger partial charge in [0.1, 0.15) is 40.8 Å². The number of anilines is 1. The smallest absolute Gasteiger partial charge is 0.420 e. The van der Waals surface area contributed by atoms with E-state index in [1.54, 1.807) is 56.9 Å². The van der Waals surface area contributed by atoms with Crippen LogP contribution in [0.25, 0.3) is 45.2 Å². The monoisotopic (exact) mass is 631 g/mol. The van der Waals surface area contributed by atoms with Crippen LogP contribution in [0.5, 0.6) is 0 Å². The topological polar surface area (TPSA) is 140 Å². The molecule has 3 aromatic heterocycles. The van der Waals surface area contributed by atoms with E-state index in [0.29, 0.717) is 41.3 Å². The molecule has 0 atom stereocenters. The lowest BCUT2D eigenvalue weighted by molar-refractivity contribution is -0.136. The number of aldehydes is 1. The minimum Gasteiger partial charge on any atom is -0.443 e. The molecule has 0 N–H and O–H groups in total. The number of rotatable bonds is 8. The number of carbonyl (C=O) groups is 2. The molecule has 11 nitrogen and oxygen atoms in total. The van der Waals surface area contributed by atoms with E-state index >= 15 is 0 Å². The number of pyridine rings is 1. The van der Waals surface area contributed by atoms with E-state index in [1.165, 1.54) is 11.0 Å². The van der Waals surface area contributed by atoms with Gasteiger partial charge in [0.15, 0.2) is 11.4 Å². The van der Waals surface area contributed by atoms with Crippen molar-refractivity contribution in [1.82, 2.24) is 24.7 Å². The van der Waals surface area contributed by atoms with Crippen molar-refractivity contribution in [3.8, 4) is 40.2 Å². The summed E-state index contributed by atoms with van der Waals surface area (Å²) >= 11 is 0. The molecule has 0 aliphatic heterocycles. The Hall–Kier alpha value is -5.58. The van der Waals surface area contributed by atoms with Gasteiger partial charge in [-0.1, -0.05) is 24.3 Å². The zero-order valence-corrected chi connectivity index (χ0v) is 25.3. The van der Waals surface area contributed by atoms with Gasteiger partial charge in [-0.3, -0.25) is 9.69 Å². The molecule has 46 heavy (non-hydrogen) atoms. The SMILES string of the molecule is Cn1cnnc1-c1ccccc1-c1cc(-c2nc3cc(C=O)cc(C(F)(F)F)c3o2)nc(N(CCCC#N)C(=O)OC(C)(C)C)c1. The van der Waals surface area contributed by atoms with Crippen molar-refractivity contribution in [2.24, 2.45) is 7.05 Å². The van der Waals surface area contributed by atoms with Gasteiger partial charge in [0.25, 0.3) is 0 Å². The number of aromatic nitrogens is 5. The number of fused-ring (bicyclic) bond motifs is 1. The second-order valence-corrected chi connectivity index (χ2v) is 11.4. The highest BCUT2D eigenvalue weighted by molar-refractivity contribution is 5.91. The molecule has 5 rings (SSSR count). The lowest BCUT2D eigenvalue weighted by Crippen LogP contribution is -2.38. The zero-order chi connectivity index (χ0) is 33.2. The van der Waals surface area contributed by atoms with E-state index in [0.717, 1.165) is 0 Å². The predicted octanol–water partition coefficient (Wildman–Crippen LogP) is 7.23. The number of oxazole rings is 1. The van der Waals surface area contributed by atoms with Crippen LogP contribution in [0.3, 0.4) is 0 Å². The molecule has 2 aromatic carbocycles. The van der Waals surface area contributed by atoms with E-state index in [9.17, 15) is 22.8 Å². The molecule has 14 heteroatoms. The summed E-state index contributed by atoms with van der Waals surface area (Å²) in [6.45, 7) is 5.16. The second kappa shape index (κ2) is 12.4. The number of aryl methyl sites for hydroxylation is 1. The summed E-state index contributed by atoms with van der Waals surface area (Å²) in [6, 6.07) is 14.4. The lowest BCUT2D eigenvalue weighted by atomic mass is 9.99. The maximum Gasteiger partial charge on any atom is 0.420 e. The Bertz CT molecular complexity index is 1970. The van der Waals surface area contributed by atoms with Gasteiger partial charge in [0.2, 0.25) is 5.89 Å². The van der Waals surface area contributed by atoms with Crippen LogP contribution >= 0.6 is 0 Å². The molecule has 0 bridgehead atoms. The fourth-order valence-electron chi connectivity index (χ4n) is 4.75. The first kappa shape index (κ1) is 31.8. The summed E-state index contributed by atoms with van der Waals surface area (Å²) in [5.74, 6) is 0.342. The number of hydrogen-bond acceptors (Lipinski definition) is 9. The molecule has 1 amide bonds. The highest BCUT2D eigenvalue weighted by Crippen LogP contribution is 2.39. The summed E-state index contributed by atoms with van der Waals surface area (Å²) in [6.07, 6.45) is -3.31. The van der Waals surface area contributed by atoms with Crippen LogP contribution < -0.4 is 4.90 Å². The van der Waals surface area contributed by atoms with Crippen molar-refractivity contribution in [3.63, 3.8) is 0 Å². The van der Waals surface area contributed by atoms with Crippen molar-refractivity contribution in [3.05, 3.63) is 66.0 Å². The number of unbranched alkanes of at least 4 members (excludes halogenated alkanes) is 1. The van der Waals surface area contributed by atoms with Gasteiger partial charge in [-0.25, -0.2) is 14.8 Å². The Labute approximate surface area is 261 Å². The van der Waals surface area contributed by atoms with Gasteiger partial charge in [0, 0.05) is 31.1 Å². The van der Waals surface area contributed by atoms with Crippen molar-refractivity contribution in [1.29, 1.82) is 5.26 Å². The molecule has 0 saturated carbocycles. The number of benzene rings is 2. The number of carbonyl (C=O) groups excluding carboxylic acids is 2. The minimum atomic E-state index is -4.84. The fourth-order valence-corrected chi connectivity index (χ4v) is 4.75. The van der Waals surface area contributed by atoms with Crippen molar-refractivity contribution >= 4 is 29.3 Å². The quantitative estimate of drug-likeness (QED) is 0.128.